The molecule has 1 amide bonds. The van der Waals surface area contributed by atoms with Gasteiger partial charge in [-0.3, -0.25) is 4.79 Å². The first-order valence-corrected chi connectivity index (χ1v) is 6.89. The molecule has 0 unspecified atom stereocenters. The molecule has 1 aromatic rings. The molecule has 1 saturated heterocycles. The van der Waals surface area contributed by atoms with E-state index in [4.69, 9.17) is 4.74 Å². The zero-order chi connectivity index (χ0) is 13.3. The summed E-state index contributed by atoms with van der Waals surface area (Å²) in [6.45, 7) is 4.50. The predicted molar refractivity (Wildman–Crippen MR) is 69.6 cm³/mol. The molecule has 1 saturated carbocycles. The first-order valence-electron chi connectivity index (χ1n) is 6.89. The number of ether oxygens (including phenoxy) is 1. The van der Waals surface area contributed by atoms with Gasteiger partial charge in [-0.25, -0.2) is 9.97 Å². The minimum absolute atomic E-state index is 0.0270. The van der Waals surface area contributed by atoms with Crippen LogP contribution in [0.15, 0.2) is 18.6 Å². The van der Waals surface area contributed by atoms with E-state index in [0.29, 0.717) is 17.2 Å². The summed E-state index contributed by atoms with van der Waals surface area (Å²) in [6.07, 6.45) is 6.71. The van der Waals surface area contributed by atoms with Gasteiger partial charge >= 0.3 is 0 Å². The first-order chi connectivity index (χ1) is 9.22. The molecule has 1 aromatic heterocycles. The molecule has 1 spiro atoms. The maximum absolute atomic E-state index is 12.3. The number of likely N-dealkylation sites (tertiary alicyclic amines) is 1. The lowest BCUT2D eigenvalue weighted by molar-refractivity contribution is -0.0708. The first kappa shape index (κ1) is 12.5. The molecular weight excluding hydrogens is 242 g/mol. The molecule has 0 radical (unpaired) electrons. The third-order valence-corrected chi connectivity index (χ3v) is 4.25. The summed E-state index contributed by atoms with van der Waals surface area (Å²) in [5, 5.41) is 0. The molecule has 2 heterocycles. The van der Waals surface area contributed by atoms with E-state index >= 15 is 0 Å². The van der Waals surface area contributed by atoms with Crippen LogP contribution in [0.25, 0.3) is 0 Å². The van der Waals surface area contributed by atoms with Crippen LogP contribution in [0.2, 0.25) is 0 Å². The standard InChI is InChI=1S/C14H19N3O2/c1-2-19-11-7-14(8-11)4-6-17(9-14)13(18)12-3-5-15-10-16-12/h3,5,10-11H,2,4,6-9H2,1H3. The van der Waals surface area contributed by atoms with Crippen LogP contribution in [0.4, 0.5) is 0 Å². The van der Waals surface area contributed by atoms with E-state index in [1.807, 2.05) is 11.8 Å². The molecule has 3 rings (SSSR count). The van der Waals surface area contributed by atoms with Gasteiger partial charge in [-0.05, 0) is 37.7 Å². The maximum Gasteiger partial charge on any atom is 0.272 e. The maximum atomic E-state index is 12.3. The van der Waals surface area contributed by atoms with Crippen molar-refractivity contribution in [1.29, 1.82) is 0 Å². The minimum atomic E-state index is 0.0270. The Labute approximate surface area is 113 Å². The fourth-order valence-corrected chi connectivity index (χ4v) is 3.28. The Morgan fingerprint density at radius 1 is 1.58 bits per heavy atom. The zero-order valence-corrected chi connectivity index (χ0v) is 11.2. The Hall–Kier alpha value is -1.49. The van der Waals surface area contributed by atoms with E-state index in [1.54, 1.807) is 12.3 Å². The molecule has 1 aliphatic heterocycles. The van der Waals surface area contributed by atoms with Crippen LogP contribution in [0.5, 0.6) is 0 Å². The third kappa shape index (κ3) is 2.34. The number of amides is 1. The van der Waals surface area contributed by atoms with Crippen molar-refractivity contribution in [2.75, 3.05) is 19.7 Å². The van der Waals surface area contributed by atoms with Gasteiger partial charge in [0.15, 0.2) is 0 Å². The van der Waals surface area contributed by atoms with Gasteiger partial charge in [-0.1, -0.05) is 0 Å². The molecule has 19 heavy (non-hydrogen) atoms. The third-order valence-electron chi connectivity index (χ3n) is 4.25. The van der Waals surface area contributed by atoms with Crippen LogP contribution < -0.4 is 0 Å². The molecule has 1 aliphatic carbocycles. The number of rotatable bonds is 3. The highest BCUT2D eigenvalue weighted by Crippen LogP contribution is 2.49. The number of carbonyl (C=O) groups is 1. The lowest BCUT2D eigenvalue weighted by Gasteiger charge is -2.44. The van der Waals surface area contributed by atoms with E-state index < -0.39 is 0 Å². The molecule has 2 aliphatic rings. The second-order valence-corrected chi connectivity index (χ2v) is 5.56. The average Bonchev–Trinajstić information content (AvgIpc) is 2.84. The van der Waals surface area contributed by atoms with Crippen molar-refractivity contribution in [1.82, 2.24) is 14.9 Å². The SMILES string of the molecule is CCOC1CC2(CCN(C(=O)c3ccncn3)C2)C1. The van der Waals surface area contributed by atoms with Crippen molar-refractivity contribution in [2.45, 2.75) is 32.3 Å². The van der Waals surface area contributed by atoms with Gasteiger partial charge in [0.2, 0.25) is 0 Å². The van der Waals surface area contributed by atoms with Crippen molar-refractivity contribution in [3.8, 4) is 0 Å². The summed E-state index contributed by atoms with van der Waals surface area (Å²) < 4.78 is 5.62. The van der Waals surface area contributed by atoms with Gasteiger partial charge in [0.25, 0.3) is 5.91 Å². The summed E-state index contributed by atoms with van der Waals surface area (Å²) in [5.74, 6) is 0.0270. The second-order valence-electron chi connectivity index (χ2n) is 5.56. The van der Waals surface area contributed by atoms with Crippen LogP contribution in [0.3, 0.4) is 0 Å². The highest BCUT2D eigenvalue weighted by atomic mass is 16.5. The lowest BCUT2D eigenvalue weighted by Crippen LogP contribution is -2.45. The largest absolute Gasteiger partial charge is 0.378 e. The predicted octanol–water partition coefficient (Wildman–Crippen LogP) is 1.51. The number of hydrogen-bond acceptors (Lipinski definition) is 4. The van der Waals surface area contributed by atoms with Crippen molar-refractivity contribution in [3.63, 3.8) is 0 Å². The molecule has 0 bridgehead atoms. The zero-order valence-electron chi connectivity index (χ0n) is 11.2. The molecule has 5 nitrogen and oxygen atoms in total. The van der Waals surface area contributed by atoms with Crippen LogP contribution in [0, 0.1) is 5.41 Å². The summed E-state index contributed by atoms with van der Waals surface area (Å²) in [6, 6.07) is 1.68. The minimum Gasteiger partial charge on any atom is -0.378 e. The summed E-state index contributed by atoms with van der Waals surface area (Å²) in [5.41, 5.74) is 0.801. The number of nitrogens with zero attached hydrogens (tertiary/aromatic N) is 3. The fraction of sp³-hybridized carbons (Fsp3) is 0.643. The summed E-state index contributed by atoms with van der Waals surface area (Å²) >= 11 is 0. The van der Waals surface area contributed by atoms with Crippen LogP contribution >= 0.6 is 0 Å². The highest BCUT2D eigenvalue weighted by Gasteiger charge is 2.49. The van der Waals surface area contributed by atoms with Crippen molar-refractivity contribution in [2.24, 2.45) is 5.41 Å². The second kappa shape index (κ2) is 4.89. The van der Waals surface area contributed by atoms with Gasteiger partial charge in [0.1, 0.15) is 12.0 Å². The molecule has 0 aromatic carbocycles. The Morgan fingerprint density at radius 3 is 3.11 bits per heavy atom. The van der Waals surface area contributed by atoms with E-state index in [2.05, 4.69) is 9.97 Å². The Morgan fingerprint density at radius 2 is 2.42 bits per heavy atom. The fourth-order valence-electron chi connectivity index (χ4n) is 3.28. The molecule has 0 N–H and O–H groups in total. The van der Waals surface area contributed by atoms with Gasteiger partial charge in [0.05, 0.1) is 6.10 Å². The Bertz CT molecular complexity index is 457. The van der Waals surface area contributed by atoms with Crippen molar-refractivity contribution in [3.05, 3.63) is 24.3 Å². The van der Waals surface area contributed by atoms with Gasteiger partial charge in [0, 0.05) is 25.9 Å². The van der Waals surface area contributed by atoms with E-state index in [9.17, 15) is 4.79 Å². The topological polar surface area (TPSA) is 55.3 Å². The molecular formula is C14H19N3O2. The number of hydrogen-bond donors (Lipinski definition) is 0. The molecule has 0 atom stereocenters. The Kier molecular flexibility index (Phi) is 3.22. The molecule has 5 heteroatoms. The van der Waals surface area contributed by atoms with E-state index in [1.165, 1.54) is 6.33 Å². The van der Waals surface area contributed by atoms with Gasteiger partial charge < -0.3 is 9.64 Å². The van der Waals surface area contributed by atoms with Gasteiger partial charge in [-0.15, -0.1) is 0 Å². The normalized spacial score (nSPS) is 29.5. The van der Waals surface area contributed by atoms with E-state index in [0.717, 1.165) is 39.0 Å². The average molecular weight is 261 g/mol. The molecule has 102 valence electrons. The quantitative estimate of drug-likeness (QED) is 0.827. The summed E-state index contributed by atoms with van der Waals surface area (Å²) in [7, 11) is 0. The smallest absolute Gasteiger partial charge is 0.272 e. The number of aromatic nitrogens is 2. The van der Waals surface area contributed by atoms with Crippen molar-refractivity contribution < 1.29 is 9.53 Å². The van der Waals surface area contributed by atoms with Crippen LogP contribution in [0.1, 0.15) is 36.7 Å². The highest BCUT2D eigenvalue weighted by molar-refractivity contribution is 5.92. The monoisotopic (exact) mass is 261 g/mol. The Balaban J connectivity index is 1.60. The van der Waals surface area contributed by atoms with Crippen molar-refractivity contribution >= 4 is 5.91 Å². The number of carbonyl (C=O) groups excluding carboxylic acids is 1. The molecule has 2 fully saturated rings. The van der Waals surface area contributed by atoms with Crippen LogP contribution in [-0.4, -0.2) is 46.6 Å². The van der Waals surface area contributed by atoms with Crippen LogP contribution in [-0.2, 0) is 4.74 Å². The van der Waals surface area contributed by atoms with Gasteiger partial charge in [-0.2, -0.15) is 0 Å². The summed E-state index contributed by atoms with van der Waals surface area (Å²) in [4.78, 5) is 22.1. The van der Waals surface area contributed by atoms with E-state index in [-0.39, 0.29) is 5.91 Å². The lowest BCUT2D eigenvalue weighted by atomic mass is 9.66.